The zero-order valence-electron chi connectivity index (χ0n) is 27.5. The lowest BCUT2D eigenvalue weighted by atomic mass is 9.98. The van der Waals surface area contributed by atoms with E-state index in [1.807, 2.05) is 24.3 Å². The summed E-state index contributed by atoms with van der Waals surface area (Å²) in [5.74, 6) is 1.03. The highest BCUT2D eigenvalue weighted by Crippen LogP contribution is 2.39. The van der Waals surface area contributed by atoms with Crippen LogP contribution >= 0.6 is 0 Å². The van der Waals surface area contributed by atoms with E-state index in [-0.39, 0.29) is 11.8 Å². The van der Waals surface area contributed by atoms with Gasteiger partial charge in [0.1, 0.15) is 12.1 Å². The first-order chi connectivity index (χ1) is 22.8. The molecule has 2 amide bonds. The Kier molecular flexibility index (Phi) is 12.1. The van der Waals surface area contributed by atoms with Crippen molar-refractivity contribution in [2.45, 2.75) is 44.2 Å². The molecule has 0 radical (unpaired) electrons. The normalized spacial score (nSPS) is 14.7. The second-order valence-corrected chi connectivity index (χ2v) is 10.9. The molecule has 47 heavy (non-hydrogen) atoms. The molecule has 0 saturated carbocycles. The summed E-state index contributed by atoms with van der Waals surface area (Å²) in [6, 6.07) is 15.1. The van der Waals surface area contributed by atoms with Crippen molar-refractivity contribution in [3.8, 4) is 28.7 Å². The first-order valence-electron chi connectivity index (χ1n) is 15.3. The number of hydrogen-bond acceptors (Lipinski definition) is 9. The molecule has 0 aliphatic carbocycles. The number of benzene rings is 3. The second kappa shape index (κ2) is 16.4. The maximum absolute atomic E-state index is 14.0. The molecule has 0 spiro atoms. The van der Waals surface area contributed by atoms with Crippen molar-refractivity contribution < 1.29 is 42.8 Å². The van der Waals surface area contributed by atoms with E-state index in [0.29, 0.717) is 71.4 Å². The van der Waals surface area contributed by atoms with E-state index < -0.39 is 18.1 Å². The maximum atomic E-state index is 14.0. The highest BCUT2D eigenvalue weighted by Gasteiger charge is 2.36. The van der Waals surface area contributed by atoms with E-state index in [0.717, 1.165) is 18.4 Å². The molecule has 11 heteroatoms. The molecule has 1 saturated heterocycles. The molecule has 0 aromatic heterocycles. The third-order valence-electron chi connectivity index (χ3n) is 8.06. The molecule has 0 unspecified atom stereocenters. The number of nitrogens with zero attached hydrogens (tertiary/aromatic N) is 1. The van der Waals surface area contributed by atoms with Crippen LogP contribution in [0.1, 0.15) is 53.3 Å². The van der Waals surface area contributed by atoms with Gasteiger partial charge in [0.2, 0.25) is 11.7 Å². The molecule has 3 aromatic rings. The number of nitrogens with one attached hydrogen (secondary N) is 1. The molecule has 1 N–H and O–H groups in total. The van der Waals surface area contributed by atoms with Crippen LogP contribution in [0, 0.1) is 0 Å². The predicted octanol–water partition coefficient (Wildman–Crippen LogP) is 5.77. The van der Waals surface area contributed by atoms with Gasteiger partial charge in [-0.2, -0.15) is 0 Å². The third-order valence-corrected chi connectivity index (χ3v) is 8.06. The van der Waals surface area contributed by atoms with Crippen LogP contribution in [0.5, 0.6) is 28.7 Å². The van der Waals surface area contributed by atoms with E-state index in [4.69, 9.17) is 28.4 Å². The summed E-state index contributed by atoms with van der Waals surface area (Å²) in [5.41, 5.74) is 2.49. The van der Waals surface area contributed by atoms with E-state index >= 15 is 0 Å². The molecule has 2 atom stereocenters. The molecular formula is C36H42N2O9. The number of piperidine rings is 1. The number of carbonyl (C=O) groups excluding carboxylic acids is 3. The summed E-state index contributed by atoms with van der Waals surface area (Å²) in [7, 11) is 7.60. The third kappa shape index (κ3) is 8.35. The van der Waals surface area contributed by atoms with Crippen LogP contribution in [0.3, 0.4) is 0 Å². The zero-order valence-corrected chi connectivity index (χ0v) is 27.5. The average Bonchev–Trinajstić information content (AvgIpc) is 3.11. The van der Waals surface area contributed by atoms with Gasteiger partial charge in [0.25, 0.3) is 5.91 Å². The Balaban J connectivity index is 1.62. The van der Waals surface area contributed by atoms with Gasteiger partial charge in [-0.05, 0) is 85.7 Å². The van der Waals surface area contributed by atoms with Gasteiger partial charge in [0.05, 0.1) is 35.5 Å². The molecule has 1 heterocycles. The summed E-state index contributed by atoms with van der Waals surface area (Å²) >= 11 is 0. The number of amides is 2. The fourth-order valence-electron chi connectivity index (χ4n) is 5.65. The second-order valence-electron chi connectivity index (χ2n) is 10.9. The molecule has 4 rings (SSSR count). The van der Waals surface area contributed by atoms with Crippen LogP contribution in [0.15, 0.2) is 67.3 Å². The molecule has 250 valence electrons. The average molecular weight is 647 g/mol. The summed E-state index contributed by atoms with van der Waals surface area (Å²) in [5, 5.41) is 2.76. The van der Waals surface area contributed by atoms with E-state index in [2.05, 4.69) is 11.9 Å². The zero-order chi connectivity index (χ0) is 33.9. The van der Waals surface area contributed by atoms with Crippen molar-refractivity contribution in [1.29, 1.82) is 0 Å². The van der Waals surface area contributed by atoms with Gasteiger partial charge in [0, 0.05) is 17.8 Å². The Hall–Kier alpha value is -5.19. The Morgan fingerprint density at radius 1 is 0.872 bits per heavy atom. The van der Waals surface area contributed by atoms with Crippen LogP contribution in [0.25, 0.3) is 0 Å². The Morgan fingerprint density at radius 3 is 2.21 bits per heavy atom. The maximum Gasteiger partial charge on any atom is 0.329 e. The van der Waals surface area contributed by atoms with Gasteiger partial charge >= 0.3 is 5.97 Å². The summed E-state index contributed by atoms with van der Waals surface area (Å²) in [6.07, 6.45) is 3.42. The van der Waals surface area contributed by atoms with Gasteiger partial charge < -0.3 is 38.6 Å². The van der Waals surface area contributed by atoms with E-state index in [1.54, 1.807) is 49.5 Å². The number of ether oxygens (including phenoxy) is 6. The quantitative estimate of drug-likeness (QED) is 0.172. The van der Waals surface area contributed by atoms with E-state index in [9.17, 15) is 14.4 Å². The standard InChI is InChI=1S/C36H42N2O9/c1-7-33(39)37-26-12-10-11-24(20-26)28(16-14-23-15-17-29(42-2)30(19-23)43-3)47-36(41)27-13-8-9-18-38(27)35(40)25-21-31(44-4)34(46-6)32(22-25)45-5/h7,10-12,15,17,19-22,27-28H,1,8-9,13-14,16,18H2,2-6H3,(H,37,39)/t27-,28+/m0/s1. The van der Waals surface area contributed by atoms with Gasteiger partial charge in [-0.3, -0.25) is 9.59 Å². The van der Waals surface area contributed by atoms with Crippen molar-refractivity contribution in [2.75, 3.05) is 47.4 Å². The van der Waals surface area contributed by atoms with Crippen LogP contribution in [-0.2, 0) is 20.7 Å². The van der Waals surface area contributed by atoms with Crippen molar-refractivity contribution >= 4 is 23.5 Å². The number of methoxy groups -OCH3 is 5. The molecular weight excluding hydrogens is 604 g/mol. The highest BCUT2D eigenvalue weighted by atomic mass is 16.5. The van der Waals surface area contributed by atoms with E-state index in [1.165, 1.54) is 27.4 Å². The minimum absolute atomic E-state index is 0.301. The number of likely N-dealkylation sites (tertiary alicyclic amines) is 1. The first-order valence-corrected chi connectivity index (χ1v) is 15.3. The number of anilines is 1. The van der Waals surface area contributed by atoms with Crippen molar-refractivity contribution in [3.63, 3.8) is 0 Å². The highest BCUT2D eigenvalue weighted by molar-refractivity contribution is 5.99. The van der Waals surface area contributed by atoms with Crippen LogP contribution in [0.2, 0.25) is 0 Å². The summed E-state index contributed by atoms with van der Waals surface area (Å²) in [6.45, 7) is 3.90. The molecule has 3 aromatic carbocycles. The van der Waals surface area contributed by atoms with Gasteiger partial charge in [0.15, 0.2) is 23.0 Å². The number of carbonyl (C=O) groups is 3. The molecule has 11 nitrogen and oxygen atoms in total. The smallest absolute Gasteiger partial charge is 0.329 e. The number of aryl methyl sites for hydroxylation is 1. The number of hydrogen-bond donors (Lipinski definition) is 1. The van der Waals surface area contributed by atoms with Gasteiger partial charge in [-0.1, -0.05) is 24.8 Å². The monoisotopic (exact) mass is 646 g/mol. The molecule has 1 aliphatic heterocycles. The lowest BCUT2D eigenvalue weighted by molar-refractivity contribution is -0.156. The fourth-order valence-corrected chi connectivity index (χ4v) is 5.65. The summed E-state index contributed by atoms with van der Waals surface area (Å²) in [4.78, 5) is 41.4. The SMILES string of the molecule is C=CC(=O)Nc1cccc([C@@H](CCc2ccc(OC)c(OC)c2)OC(=O)[C@@H]2CCCCN2C(=O)c2cc(OC)c(OC)c(OC)c2)c1. The molecule has 1 aliphatic rings. The topological polar surface area (TPSA) is 122 Å². The lowest BCUT2D eigenvalue weighted by Crippen LogP contribution is -2.49. The Bertz CT molecular complexity index is 1560. The Morgan fingerprint density at radius 2 is 1.57 bits per heavy atom. The van der Waals surface area contributed by atoms with Crippen molar-refractivity contribution in [1.82, 2.24) is 4.90 Å². The summed E-state index contributed by atoms with van der Waals surface area (Å²) < 4.78 is 33.4. The van der Waals surface area contributed by atoms with Crippen molar-refractivity contribution in [2.24, 2.45) is 0 Å². The van der Waals surface area contributed by atoms with Crippen molar-refractivity contribution in [3.05, 3.63) is 83.9 Å². The predicted molar refractivity (Wildman–Crippen MR) is 177 cm³/mol. The van der Waals surface area contributed by atoms with Gasteiger partial charge in [-0.25, -0.2) is 4.79 Å². The van der Waals surface area contributed by atoms with Crippen LogP contribution < -0.4 is 29.0 Å². The minimum atomic E-state index is -0.803. The van der Waals surface area contributed by atoms with Gasteiger partial charge in [-0.15, -0.1) is 0 Å². The first kappa shape index (κ1) is 34.7. The van der Waals surface area contributed by atoms with Crippen LogP contribution in [0.4, 0.5) is 5.69 Å². The number of rotatable bonds is 14. The largest absolute Gasteiger partial charge is 0.493 e. The fraction of sp³-hybridized carbons (Fsp3) is 0.361. The Labute approximate surface area is 275 Å². The molecule has 1 fully saturated rings. The number of esters is 1. The minimum Gasteiger partial charge on any atom is -0.493 e. The molecule has 0 bridgehead atoms. The lowest BCUT2D eigenvalue weighted by Gasteiger charge is -2.35. The van der Waals surface area contributed by atoms with Crippen LogP contribution in [-0.4, -0.2) is 70.8 Å².